The molecule has 168 valence electrons. The summed E-state index contributed by atoms with van der Waals surface area (Å²) in [4.78, 5) is 26.4. The van der Waals surface area contributed by atoms with Crippen molar-refractivity contribution in [3.05, 3.63) is 59.2 Å². The average Bonchev–Trinajstić information content (AvgIpc) is 3.26. The number of ketones is 1. The van der Waals surface area contributed by atoms with Crippen molar-refractivity contribution >= 4 is 11.8 Å². The number of allylic oxidation sites excluding steroid dienone is 2. The Bertz CT molecular complexity index is 1050. The zero-order chi connectivity index (χ0) is 22.4. The Labute approximate surface area is 190 Å². The summed E-state index contributed by atoms with van der Waals surface area (Å²) in [7, 11) is 0. The standard InChI is InChI=1S/C28H32O4/c1-5-20-19-13-18-15(2)17(16-9-7-6-8-10-16)14-21(18)31-23(19)24-25-27(3,26(30)32-24)12-11-22(29)28(20,25)4/h6-12,17,19-21,23-25H,5,13-14H2,1-4H3/t17-,19-,20-,21-,23-,24-,25-,27+,28-/m0/s1. The number of esters is 1. The molecule has 2 heterocycles. The van der Waals surface area contributed by atoms with E-state index in [2.05, 4.69) is 51.1 Å². The van der Waals surface area contributed by atoms with Gasteiger partial charge in [-0.15, -0.1) is 0 Å². The van der Waals surface area contributed by atoms with Gasteiger partial charge in [-0.2, -0.15) is 0 Å². The molecule has 32 heavy (non-hydrogen) atoms. The largest absolute Gasteiger partial charge is 0.459 e. The zero-order valence-corrected chi connectivity index (χ0v) is 19.3. The molecule has 5 aliphatic rings. The summed E-state index contributed by atoms with van der Waals surface area (Å²) in [6, 6.07) is 10.7. The van der Waals surface area contributed by atoms with Crippen LogP contribution in [-0.2, 0) is 19.1 Å². The number of rotatable bonds is 2. The summed E-state index contributed by atoms with van der Waals surface area (Å²) in [5, 5.41) is 0. The molecule has 0 amide bonds. The van der Waals surface area contributed by atoms with Gasteiger partial charge in [0.05, 0.1) is 17.6 Å². The molecule has 0 aromatic heterocycles. The highest BCUT2D eigenvalue weighted by molar-refractivity contribution is 6.00. The minimum Gasteiger partial charge on any atom is -0.459 e. The predicted molar refractivity (Wildman–Crippen MR) is 121 cm³/mol. The molecular weight excluding hydrogens is 400 g/mol. The third-order valence-corrected chi connectivity index (χ3v) is 9.73. The SMILES string of the molecule is CC[C@H]1[C@@H]2CC3=C(C)[C@@H](c4ccccc4)C[C@@H]3O[C@@H]2[C@@H]2OC(=O)[C@]3(C)C=CC(=O)[C@@]1(C)[C@@H]23. The van der Waals surface area contributed by atoms with Gasteiger partial charge in [0.1, 0.15) is 6.10 Å². The number of carbonyl (C=O) groups excluding carboxylic acids is 2. The molecule has 0 spiro atoms. The van der Waals surface area contributed by atoms with Crippen LogP contribution < -0.4 is 0 Å². The molecule has 9 atom stereocenters. The normalized spacial score (nSPS) is 46.6. The Balaban J connectivity index is 1.43. The van der Waals surface area contributed by atoms with E-state index in [4.69, 9.17) is 9.47 Å². The van der Waals surface area contributed by atoms with Gasteiger partial charge in [-0.1, -0.05) is 62.2 Å². The van der Waals surface area contributed by atoms with Gasteiger partial charge in [0.2, 0.25) is 0 Å². The van der Waals surface area contributed by atoms with E-state index >= 15 is 0 Å². The molecule has 2 saturated heterocycles. The molecule has 6 rings (SSSR count). The molecule has 0 bridgehead atoms. The monoisotopic (exact) mass is 432 g/mol. The first-order chi connectivity index (χ1) is 15.3. The molecule has 0 unspecified atom stereocenters. The van der Waals surface area contributed by atoms with Crippen molar-refractivity contribution in [1.29, 1.82) is 0 Å². The molecule has 4 nitrogen and oxygen atoms in total. The van der Waals surface area contributed by atoms with Crippen LogP contribution >= 0.6 is 0 Å². The summed E-state index contributed by atoms with van der Waals surface area (Å²) in [6.45, 7) is 8.48. The fourth-order valence-corrected chi connectivity index (χ4v) is 8.21. The lowest BCUT2D eigenvalue weighted by Crippen LogP contribution is -2.64. The number of ether oxygens (including phenoxy) is 2. The first-order valence-corrected chi connectivity index (χ1v) is 12.1. The van der Waals surface area contributed by atoms with Crippen LogP contribution in [-0.4, -0.2) is 30.1 Å². The molecule has 1 aromatic carbocycles. The van der Waals surface area contributed by atoms with Gasteiger partial charge in [0.15, 0.2) is 5.78 Å². The molecule has 4 heteroatoms. The Morgan fingerprint density at radius 2 is 1.84 bits per heavy atom. The maximum atomic E-state index is 13.4. The Morgan fingerprint density at radius 1 is 1.09 bits per heavy atom. The molecule has 3 aliphatic carbocycles. The van der Waals surface area contributed by atoms with Gasteiger partial charge in [-0.05, 0) is 55.7 Å². The molecule has 2 aliphatic heterocycles. The lowest BCUT2D eigenvalue weighted by Gasteiger charge is -2.58. The average molecular weight is 433 g/mol. The second-order valence-corrected chi connectivity index (χ2v) is 11.0. The maximum Gasteiger partial charge on any atom is 0.316 e. The number of fused-ring (bicyclic) bond motifs is 3. The predicted octanol–water partition coefficient (Wildman–Crippen LogP) is 5.00. The van der Waals surface area contributed by atoms with Crippen LogP contribution in [0.4, 0.5) is 0 Å². The van der Waals surface area contributed by atoms with E-state index < -0.39 is 10.8 Å². The minimum atomic E-state index is -0.747. The summed E-state index contributed by atoms with van der Waals surface area (Å²) in [5.74, 6) is 0.505. The van der Waals surface area contributed by atoms with Gasteiger partial charge in [0, 0.05) is 17.3 Å². The Kier molecular flexibility index (Phi) is 4.25. The number of hydrogen-bond acceptors (Lipinski definition) is 4. The van der Waals surface area contributed by atoms with Gasteiger partial charge in [-0.3, -0.25) is 9.59 Å². The van der Waals surface area contributed by atoms with E-state index in [0.29, 0.717) is 5.92 Å². The summed E-state index contributed by atoms with van der Waals surface area (Å²) < 4.78 is 12.9. The van der Waals surface area contributed by atoms with Crippen molar-refractivity contribution in [2.75, 3.05) is 0 Å². The van der Waals surface area contributed by atoms with Crippen LogP contribution in [0.1, 0.15) is 58.4 Å². The quantitative estimate of drug-likeness (QED) is 0.488. The van der Waals surface area contributed by atoms with Crippen molar-refractivity contribution in [3.8, 4) is 0 Å². The Hall–Kier alpha value is -2.20. The molecule has 1 saturated carbocycles. The highest BCUT2D eigenvalue weighted by Crippen LogP contribution is 2.65. The maximum absolute atomic E-state index is 13.4. The van der Waals surface area contributed by atoms with Gasteiger partial charge in [-0.25, -0.2) is 0 Å². The van der Waals surface area contributed by atoms with E-state index in [1.807, 2.05) is 6.92 Å². The van der Waals surface area contributed by atoms with Crippen molar-refractivity contribution in [1.82, 2.24) is 0 Å². The van der Waals surface area contributed by atoms with Crippen LogP contribution in [0.3, 0.4) is 0 Å². The zero-order valence-electron chi connectivity index (χ0n) is 19.3. The van der Waals surface area contributed by atoms with Crippen molar-refractivity contribution < 1.29 is 19.1 Å². The first kappa shape index (κ1) is 20.4. The molecule has 1 aromatic rings. The van der Waals surface area contributed by atoms with Crippen LogP contribution in [0.25, 0.3) is 0 Å². The van der Waals surface area contributed by atoms with Gasteiger partial charge < -0.3 is 9.47 Å². The lowest BCUT2D eigenvalue weighted by molar-refractivity contribution is -0.202. The third kappa shape index (κ3) is 2.37. The first-order valence-electron chi connectivity index (χ1n) is 12.1. The molecule has 3 fully saturated rings. The second-order valence-electron chi connectivity index (χ2n) is 11.0. The van der Waals surface area contributed by atoms with Crippen LogP contribution in [0.5, 0.6) is 0 Å². The van der Waals surface area contributed by atoms with E-state index in [1.165, 1.54) is 16.7 Å². The van der Waals surface area contributed by atoms with Crippen LogP contribution in [0, 0.1) is 28.6 Å². The van der Waals surface area contributed by atoms with Crippen molar-refractivity contribution in [3.63, 3.8) is 0 Å². The van der Waals surface area contributed by atoms with Crippen molar-refractivity contribution in [2.45, 2.75) is 71.2 Å². The number of benzene rings is 1. The highest BCUT2D eigenvalue weighted by Gasteiger charge is 2.72. The van der Waals surface area contributed by atoms with E-state index in [1.54, 1.807) is 12.2 Å². The van der Waals surface area contributed by atoms with Gasteiger partial charge in [0.25, 0.3) is 0 Å². The van der Waals surface area contributed by atoms with Crippen LogP contribution in [0.2, 0.25) is 0 Å². The number of carbonyl (C=O) groups is 2. The summed E-state index contributed by atoms with van der Waals surface area (Å²) in [6.07, 6.45) is 5.82. The lowest BCUT2D eigenvalue weighted by atomic mass is 9.45. The topological polar surface area (TPSA) is 52.6 Å². The highest BCUT2D eigenvalue weighted by atomic mass is 16.6. The molecular formula is C28H32O4. The van der Waals surface area contributed by atoms with Gasteiger partial charge >= 0.3 is 5.97 Å². The van der Waals surface area contributed by atoms with E-state index in [-0.39, 0.29) is 47.8 Å². The summed E-state index contributed by atoms with van der Waals surface area (Å²) in [5.41, 5.74) is 2.82. The second kappa shape index (κ2) is 6.66. The molecule has 0 N–H and O–H groups in total. The fraction of sp³-hybridized carbons (Fsp3) is 0.571. The minimum absolute atomic E-state index is 0.0729. The Morgan fingerprint density at radius 3 is 2.56 bits per heavy atom. The summed E-state index contributed by atoms with van der Waals surface area (Å²) >= 11 is 0. The van der Waals surface area contributed by atoms with E-state index in [0.717, 1.165) is 19.3 Å². The fourth-order valence-electron chi connectivity index (χ4n) is 8.21. The third-order valence-electron chi connectivity index (χ3n) is 9.73. The van der Waals surface area contributed by atoms with Crippen molar-refractivity contribution in [2.24, 2.45) is 28.6 Å². The van der Waals surface area contributed by atoms with Crippen LogP contribution in [0.15, 0.2) is 53.6 Å². The number of hydrogen-bond donors (Lipinski definition) is 0. The smallest absolute Gasteiger partial charge is 0.316 e. The van der Waals surface area contributed by atoms with E-state index in [9.17, 15) is 9.59 Å². The molecule has 0 radical (unpaired) electrons.